The minimum absolute atomic E-state index is 0.829. The van der Waals surface area contributed by atoms with E-state index in [2.05, 4.69) is 110 Å². The van der Waals surface area contributed by atoms with Gasteiger partial charge in [0.15, 0.2) is 0 Å². The van der Waals surface area contributed by atoms with Gasteiger partial charge in [0.1, 0.15) is 11.5 Å². The van der Waals surface area contributed by atoms with Crippen LogP contribution in [0.3, 0.4) is 0 Å². The van der Waals surface area contributed by atoms with Crippen LogP contribution in [0.15, 0.2) is 127 Å². The van der Waals surface area contributed by atoms with Crippen LogP contribution in [0.1, 0.15) is 5.56 Å². The Morgan fingerprint density at radius 2 is 0.906 bits per heavy atom. The monoisotopic (exact) mass is 412 g/mol. The van der Waals surface area contributed by atoms with Gasteiger partial charge in [-0.25, -0.2) is 0 Å². The Kier molecular flexibility index (Phi) is 5.55. The number of hydrogen-bond acceptors (Lipinski definition) is 1. The molecule has 0 saturated heterocycles. The van der Waals surface area contributed by atoms with Gasteiger partial charge in [0, 0.05) is 5.56 Å². The fraction of sp³-hybridized carbons (Fsp3) is 0.0323. The van der Waals surface area contributed by atoms with E-state index >= 15 is 0 Å². The largest absolute Gasteiger partial charge is 0.457 e. The smallest absolute Gasteiger partial charge is 0.135 e. The first-order chi connectivity index (χ1) is 15.8. The van der Waals surface area contributed by atoms with E-state index in [1.165, 1.54) is 27.8 Å². The first-order valence-corrected chi connectivity index (χ1v) is 10.9. The van der Waals surface area contributed by atoms with Gasteiger partial charge in [-0.3, -0.25) is 0 Å². The van der Waals surface area contributed by atoms with E-state index < -0.39 is 0 Å². The predicted octanol–water partition coefficient (Wildman–Crippen LogP) is 8.79. The van der Waals surface area contributed by atoms with Crippen LogP contribution in [0.2, 0.25) is 0 Å². The minimum atomic E-state index is 0.829. The molecule has 0 aliphatic rings. The molecule has 0 heterocycles. The van der Waals surface area contributed by atoms with Gasteiger partial charge in [-0.1, -0.05) is 109 Å². The fourth-order valence-electron chi connectivity index (χ4n) is 3.90. The second-order valence-electron chi connectivity index (χ2n) is 7.94. The van der Waals surface area contributed by atoms with Crippen molar-refractivity contribution in [2.75, 3.05) is 0 Å². The quantitative estimate of drug-likeness (QED) is 0.280. The van der Waals surface area contributed by atoms with Crippen LogP contribution in [0.4, 0.5) is 0 Å². The van der Waals surface area contributed by atoms with Gasteiger partial charge in [-0.2, -0.15) is 0 Å². The van der Waals surface area contributed by atoms with E-state index in [0.29, 0.717) is 0 Å². The van der Waals surface area contributed by atoms with Crippen LogP contribution in [-0.2, 0) is 0 Å². The molecule has 0 radical (unpaired) electrons. The predicted molar refractivity (Wildman–Crippen MR) is 134 cm³/mol. The van der Waals surface area contributed by atoms with Gasteiger partial charge in [-0.15, -0.1) is 0 Å². The Hall–Kier alpha value is -4.10. The van der Waals surface area contributed by atoms with E-state index in [1.54, 1.807) is 0 Å². The average Bonchev–Trinajstić information content (AvgIpc) is 2.87. The zero-order chi connectivity index (χ0) is 21.8. The zero-order valence-corrected chi connectivity index (χ0v) is 18.0. The maximum absolute atomic E-state index is 6.32. The molecule has 0 aliphatic heterocycles. The van der Waals surface area contributed by atoms with E-state index in [4.69, 9.17) is 4.74 Å². The fourth-order valence-corrected chi connectivity index (χ4v) is 3.90. The summed E-state index contributed by atoms with van der Waals surface area (Å²) in [5, 5.41) is 0. The molecule has 0 amide bonds. The van der Waals surface area contributed by atoms with Gasteiger partial charge in [0.25, 0.3) is 0 Å². The molecule has 0 N–H and O–H groups in total. The third kappa shape index (κ3) is 4.33. The lowest BCUT2D eigenvalue weighted by molar-refractivity contribution is 0.484. The lowest BCUT2D eigenvalue weighted by Crippen LogP contribution is -1.90. The molecule has 0 fully saturated rings. The van der Waals surface area contributed by atoms with Gasteiger partial charge in [0.2, 0.25) is 0 Å². The molecule has 1 nitrogen and oxygen atoms in total. The summed E-state index contributed by atoms with van der Waals surface area (Å²) in [5.41, 5.74) is 8.26. The van der Waals surface area contributed by atoms with Crippen LogP contribution in [0.5, 0.6) is 11.5 Å². The molecule has 0 saturated carbocycles. The molecule has 5 aromatic carbocycles. The second-order valence-corrected chi connectivity index (χ2v) is 7.94. The van der Waals surface area contributed by atoms with Crippen LogP contribution in [0, 0.1) is 6.92 Å². The van der Waals surface area contributed by atoms with E-state index in [1.807, 2.05) is 24.3 Å². The van der Waals surface area contributed by atoms with Gasteiger partial charge >= 0.3 is 0 Å². The highest BCUT2D eigenvalue weighted by molar-refractivity contribution is 5.75. The van der Waals surface area contributed by atoms with Crippen LogP contribution < -0.4 is 4.74 Å². The number of aryl methyl sites for hydroxylation is 1. The van der Waals surface area contributed by atoms with Crippen molar-refractivity contribution < 1.29 is 4.74 Å². The molecule has 0 spiro atoms. The van der Waals surface area contributed by atoms with Gasteiger partial charge in [0.05, 0.1) is 0 Å². The summed E-state index contributed by atoms with van der Waals surface area (Å²) in [6.45, 7) is 2.11. The number of ether oxygens (including phenoxy) is 1. The third-order valence-electron chi connectivity index (χ3n) is 5.63. The molecule has 5 aromatic rings. The standard InChI is InChI=1S/C31H24O/c1-23-12-21-31(32-29-19-17-27(18-20-29)25-10-6-3-7-11-25)30(22-23)28-15-13-26(14-16-28)24-8-4-2-5-9-24/h2-22H,1H3. The molecule has 1 heteroatoms. The summed E-state index contributed by atoms with van der Waals surface area (Å²) in [5.74, 6) is 1.69. The average molecular weight is 413 g/mol. The Bertz CT molecular complexity index is 1300. The SMILES string of the molecule is Cc1ccc(Oc2ccc(-c3ccccc3)cc2)c(-c2ccc(-c3ccccc3)cc2)c1. The summed E-state index contributed by atoms with van der Waals surface area (Å²) in [6.07, 6.45) is 0. The highest BCUT2D eigenvalue weighted by atomic mass is 16.5. The van der Waals surface area contributed by atoms with E-state index in [9.17, 15) is 0 Å². The molecule has 0 atom stereocenters. The lowest BCUT2D eigenvalue weighted by atomic mass is 9.98. The van der Waals surface area contributed by atoms with E-state index in [0.717, 1.165) is 22.6 Å². The zero-order valence-electron chi connectivity index (χ0n) is 18.0. The van der Waals surface area contributed by atoms with Crippen molar-refractivity contribution in [2.24, 2.45) is 0 Å². The molecule has 0 unspecified atom stereocenters. The number of rotatable bonds is 5. The topological polar surface area (TPSA) is 9.23 Å². The van der Waals surface area contributed by atoms with Crippen molar-refractivity contribution in [1.82, 2.24) is 0 Å². The van der Waals surface area contributed by atoms with Crippen molar-refractivity contribution in [3.05, 3.63) is 133 Å². The Labute approximate surface area is 189 Å². The third-order valence-corrected chi connectivity index (χ3v) is 5.63. The highest BCUT2D eigenvalue weighted by Crippen LogP contribution is 2.36. The first-order valence-electron chi connectivity index (χ1n) is 10.9. The van der Waals surface area contributed by atoms with Gasteiger partial charge < -0.3 is 4.74 Å². The maximum atomic E-state index is 6.32. The summed E-state index contributed by atoms with van der Waals surface area (Å²) < 4.78 is 6.32. The first kappa shape index (κ1) is 19.8. The highest BCUT2D eigenvalue weighted by Gasteiger charge is 2.09. The van der Waals surface area contributed by atoms with Crippen LogP contribution in [-0.4, -0.2) is 0 Å². The molecular formula is C31H24O. The van der Waals surface area contributed by atoms with Gasteiger partial charge in [-0.05, 0) is 59.0 Å². The Morgan fingerprint density at radius 1 is 0.438 bits per heavy atom. The van der Waals surface area contributed by atoms with Crippen molar-refractivity contribution in [1.29, 1.82) is 0 Å². The second kappa shape index (κ2) is 8.95. The molecule has 0 aliphatic carbocycles. The summed E-state index contributed by atoms with van der Waals surface area (Å²) in [4.78, 5) is 0. The normalized spacial score (nSPS) is 10.7. The van der Waals surface area contributed by atoms with Crippen molar-refractivity contribution in [3.63, 3.8) is 0 Å². The molecule has 0 bridgehead atoms. The minimum Gasteiger partial charge on any atom is -0.457 e. The van der Waals surface area contributed by atoms with E-state index in [-0.39, 0.29) is 0 Å². The van der Waals surface area contributed by atoms with Crippen LogP contribution in [0.25, 0.3) is 33.4 Å². The molecule has 154 valence electrons. The Morgan fingerprint density at radius 3 is 1.47 bits per heavy atom. The molecule has 5 rings (SSSR count). The Balaban J connectivity index is 1.43. The summed E-state index contributed by atoms with van der Waals surface area (Å²) in [7, 11) is 0. The number of hydrogen-bond donors (Lipinski definition) is 0. The molecule has 0 aromatic heterocycles. The van der Waals surface area contributed by atoms with Crippen LogP contribution >= 0.6 is 0 Å². The van der Waals surface area contributed by atoms with Crippen molar-refractivity contribution >= 4 is 0 Å². The van der Waals surface area contributed by atoms with Crippen molar-refractivity contribution in [3.8, 4) is 44.9 Å². The van der Waals surface area contributed by atoms with Crippen molar-refractivity contribution in [2.45, 2.75) is 6.92 Å². The number of benzene rings is 5. The summed E-state index contributed by atoms with van der Waals surface area (Å²) >= 11 is 0. The lowest BCUT2D eigenvalue weighted by Gasteiger charge is -2.13. The summed E-state index contributed by atoms with van der Waals surface area (Å²) in [6, 6.07) is 44.1. The molecular weight excluding hydrogens is 388 g/mol. The molecule has 32 heavy (non-hydrogen) atoms. The maximum Gasteiger partial charge on any atom is 0.135 e.